The number of nitrogens with one attached hydrogen (secondary N) is 1. The lowest BCUT2D eigenvalue weighted by molar-refractivity contribution is 0.0690. The Labute approximate surface area is 117 Å². The van der Waals surface area contributed by atoms with Crippen molar-refractivity contribution in [2.24, 2.45) is 0 Å². The van der Waals surface area contributed by atoms with E-state index in [9.17, 15) is 9.59 Å². The number of rotatable bonds is 3. The Morgan fingerprint density at radius 3 is 2.32 bits per heavy atom. The number of amides is 1. The zero-order chi connectivity index (χ0) is 13.8. The molecule has 0 aliphatic heterocycles. The van der Waals surface area contributed by atoms with E-state index in [0.29, 0.717) is 11.3 Å². The van der Waals surface area contributed by atoms with Crippen molar-refractivity contribution in [3.63, 3.8) is 0 Å². The summed E-state index contributed by atoms with van der Waals surface area (Å²) < 4.78 is 0.915. The second-order valence-corrected chi connectivity index (χ2v) is 4.61. The average Bonchev–Trinajstić information content (AvgIpc) is 2.41. The van der Waals surface area contributed by atoms with Crippen LogP contribution in [0.5, 0.6) is 0 Å². The average molecular weight is 321 g/mol. The highest BCUT2D eigenvalue weighted by Gasteiger charge is 2.09. The zero-order valence-corrected chi connectivity index (χ0v) is 11.2. The lowest BCUT2D eigenvalue weighted by Crippen LogP contribution is -2.12. The third kappa shape index (κ3) is 3.38. The van der Waals surface area contributed by atoms with Gasteiger partial charge in [-0.05, 0) is 36.4 Å². The Hall–Kier alpha value is -2.21. The van der Waals surface area contributed by atoms with E-state index < -0.39 is 5.97 Å². The van der Waals surface area contributed by atoms with Crippen LogP contribution in [0.1, 0.15) is 20.8 Å². The number of pyridine rings is 1. The number of carboxylic acid groups (broad SMARTS) is 1. The van der Waals surface area contributed by atoms with Crippen LogP contribution in [-0.4, -0.2) is 22.0 Å². The Balaban J connectivity index is 2.11. The number of carboxylic acids is 1. The quantitative estimate of drug-likeness (QED) is 0.911. The lowest BCUT2D eigenvalue weighted by Gasteiger charge is -2.05. The zero-order valence-electron chi connectivity index (χ0n) is 9.63. The molecule has 0 saturated carbocycles. The van der Waals surface area contributed by atoms with Crippen LogP contribution in [0.25, 0.3) is 0 Å². The van der Waals surface area contributed by atoms with E-state index in [2.05, 4.69) is 26.2 Å². The van der Waals surface area contributed by atoms with Gasteiger partial charge in [0.1, 0.15) is 5.69 Å². The van der Waals surface area contributed by atoms with Gasteiger partial charge in [0.2, 0.25) is 0 Å². The molecular formula is C13H9BrN2O3. The molecule has 0 saturated heterocycles. The molecular weight excluding hydrogens is 312 g/mol. The monoisotopic (exact) mass is 320 g/mol. The summed E-state index contributed by atoms with van der Waals surface area (Å²) in [5.41, 5.74) is 0.851. The fourth-order valence-electron chi connectivity index (χ4n) is 1.39. The highest BCUT2D eigenvalue weighted by Crippen LogP contribution is 2.15. The largest absolute Gasteiger partial charge is 0.477 e. The van der Waals surface area contributed by atoms with E-state index in [1.54, 1.807) is 24.3 Å². The maximum absolute atomic E-state index is 11.9. The van der Waals surface area contributed by atoms with Crippen LogP contribution in [0.3, 0.4) is 0 Å². The van der Waals surface area contributed by atoms with Crippen LogP contribution >= 0.6 is 15.9 Å². The maximum atomic E-state index is 11.9. The highest BCUT2D eigenvalue weighted by atomic mass is 79.9. The molecule has 1 heterocycles. The standard InChI is InChI=1S/C13H9BrN2O3/c14-9-2-4-10(5-3-9)16-12(17)8-1-6-11(13(18)19)15-7-8/h1-7H,(H,16,17)(H,18,19). The van der Waals surface area contributed by atoms with E-state index in [4.69, 9.17) is 5.11 Å². The number of carbonyl (C=O) groups excluding carboxylic acids is 1. The van der Waals surface area contributed by atoms with Crippen molar-refractivity contribution in [1.82, 2.24) is 4.98 Å². The summed E-state index contributed by atoms with van der Waals surface area (Å²) in [6.45, 7) is 0. The van der Waals surface area contributed by atoms with Gasteiger partial charge in [0.15, 0.2) is 0 Å². The van der Waals surface area contributed by atoms with Gasteiger partial charge in [-0.2, -0.15) is 0 Å². The number of nitrogens with zero attached hydrogens (tertiary/aromatic N) is 1. The highest BCUT2D eigenvalue weighted by molar-refractivity contribution is 9.10. The molecule has 0 bridgehead atoms. The minimum atomic E-state index is -1.13. The van der Waals surface area contributed by atoms with Gasteiger partial charge in [0, 0.05) is 16.4 Å². The van der Waals surface area contributed by atoms with E-state index in [1.165, 1.54) is 18.3 Å². The van der Waals surface area contributed by atoms with E-state index in [0.717, 1.165) is 4.47 Å². The van der Waals surface area contributed by atoms with Crippen molar-refractivity contribution in [3.05, 3.63) is 58.3 Å². The van der Waals surface area contributed by atoms with Crippen LogP contribution in [0.4, 0.5) is 5.69 Å². The van der Waals surface area contributed by atoms with Crippen molar-refractivity contribution < 1.29 is 14.7 Å². The molecule has 6 heteroatoms. The topological polar surface area (TPSA) is 79.3 Å². The number of aromatic carboxylic acids is 1. The Bertz CT molecular complexity index is 609. The number of anilines is 1. The Morgan fingerprint density at radius 2 is 1.79 bits per heavy atom. The lowest BCUT2D eigenvalue weighted by atomic mass is 10.2. The van der Waals surface area contributed by atoms with Gasteiger partial charge >= 0.3 is 5.97 Å². The molecule has 2 rings (SSSR count). The Morgan fingerprint density at radius 1 is 1.11 bits per heavy atom. The number of carbonyl (C=O) groups is 2. The molecule has 1 aromatic carbocycles. The molecule has 5 nitrogen and oxygen atoms in total. The van der Waals surface area contributed by atoms with E-state index >= 15 is 0 Å². The summed E-state index contributed by atoms with van der Waals surface area (Å²) in [6.07, 6.45) is 1.23. The summed E-state index contributed by atoms with van der Waals surface area (Å²) in [7, 11) is 0. The second-order valence-electron chi connectivity index (χ2n) is 3.70. The van der Waals surface area contributed by atoms with Crippen LogP contribution in [0, 0.1) is 0 Å². The summed E-state index contributed by atoms with van der Waals surface area (Å²) in [5, 5.41) is 11.4. The molecule has 2 N–H and O–H groups in total. The number of benzene rings is 1. The van der Waals surface area contributed by atoms with Crippen molar-refractivity contribution >= 4 is 33.5 Å². The molecule has 0 aliphatic carbocycles. The van der Waals surface area contributed by atoms with Crippen molar-refractivity contribution in [1.29, 1.82) is 0 Å². The first-order valence-electron chi connectivity index (χ1n) is 5.32. The number of hydrogen-bond acceptors (Lipinski definition) is 3. The first-order valence-corrected chi connectivity index (χ1v) is 6.12. The minimum Gasteiger partial charge on any atom is -0.477 e. The van der Waals surface area contributed by atoms with Gasteiger partial charge < -0.3 is 10.4 Å². The van der Waals surface area contributed by atoms with Crippen LogP contribution in [-0.2, 0) is 0 Å². The van der Waals surface area contributed by atoms with Crippen molar-refractivity contribution in [2.75, 3.05) is 5.32 Å². The molecule has 0 fully saturated rings. The van der Waals surface area contributed by atoms with E-state index in [1.807, 2.05) is 0 Å². The normalized spacial score (nSPS) is 9.95. The molecule has 0 unspecified atom stereocenters. The smallest absolute Gasteiger partial charge is 0.354 e. The number of aromatic nitrogens is 1. The maximum Gasteiger partial charge on any atom is 0.354 e. The molecule has 96 valence electrons. The van der Waals surface area contributed by atoms with Gasteiger partial charge in [0.25, 0.3) is 5.91 Å². The van der Waals surface area contributed by atoms with Crippen LogP contribution in [0.15, 0.2) is 47.1 Å². The second kappa shape index (κ2) is 5.62. The minimum absolute atomic E-state index is 0.0970. The number of halogens is 1. The van der Waals surface area contributed by atoms with Gasteiger partial charge in [-0.1, -0.05) is 15.9 Å². The molecule has 0 radical (unpaired) electrons. The predicted molar refractivity (Wildman–Crippen MR) is 73.3 cm³/mol. The van der Waals surface area contributed by atoms with Gasteiger partial charge in [0.05, 0.1) is 5.56 Å². The molecule has 0 aliphatic rings. The first kappa shape index (κ1) is 13.2. The molecule has 1 aromatic heterocycles. The Kier molecular flexibility index (Phi) is 3.91. The summed E-state index contributed by atoms with van der Waals surface area (Å²) in [6, 6.07) is 9.83. The third-order valence-electron chi connectivity index (χ3n) is 2.35. The molecule has 0 spiro atoms. The predicted octanol–water partition coefficient (Wildman–Crippen LogP) is 2.79. The first-order chi connectivity index (χ1) is 9.06. The van der Waals surface area contributed by atoms with Gasteiger partial charge in [-0.25, -0.2) is 9.78 Å². The van der Waals surface area contributed by atoms with Gasteiger partial charge in [-0.3, -0.25) is 4.79 Å². The molecule has 1 amide bonds. The van der Waals surface area contributed by atoms with Crippen LogP contribution in [0.2, 0.25) is 0 Å². The van der Waals surface area contributed by atoms with Gasteiger partial charge in [-0.15, -0.1) is 0 Å². The van der Waals surface area contributed by atoms with E-state index in [-0.39, 0.29) is 11.6 Å². The molecule has 0 atom stereocenters. The fourth-order valence-corrected chi connectivity index (χ4v) is 1.66. The molecule has 2 aromatic rings. The third-order valence-corrected chi connectivity index (χ3v) is 2.88. The fraction of sp³-hybridized carbons (Fsp3) is 0. The summed E-state index contributed by atoms with van der Waals surface area (Å²) >= 11 is 3.30. The van der Waals surface area contributed by atoms with Crippen molar-refractivity contribution in [2.45, 2.75) is 0 Å². The summed E-state index contributed by atoms with van der Waals surface area (Å²) in [5.74, 6) is -1.47. The van der Waals surface area contributed by atoms with Crippen molar-refractivity contribution in [3.8, 4) is 0 Å². The number of hydrogen-bond donors (Lipinski definition) is 2. The SMILES string of the molecule is O=C(Nc1ccc(Br)cc1)c1ccc(C(=O)O)nc1. The molecule has 19 heavy (non-hydrogen) atoms. The van der Waals surface area contributed by atoms with Crippen LogP contribution < -0.4 is 5.32 Å². The summed E-state index contributed by atoms with van der Waals surface area (Å²) in [4.78, 5) is 26.2.